The van der Waals surface area contributed by atoms with Crippen LogP contribution in [0.4, 0.5) is 0 Å². The van der Waals surface area contributed by atoms with Crippen molar-refractivity contribution in [3.8, 4) is 5.75 Å². The molecule has 0 fully saturated rings. The summed E-state index contributed by atoms with van der Waals surface area (Å²) in [7, 11) is 0. The Morgan fingerprint density at radius 2 is 1.75 bits per heavy atom. The Balaban J connectivity index is 2.07. The number of nitrogens with one attached hydrogen (secondary N) is 1. The van der Waals surface area contributed by atoms with E-state index >= 15 is 0 Å². The third-order valence-corrected chi connectivity index (χ3v) is 3.04. The Hall–Kier alpha value is -1.91. The second kappa shape index (κ2) is 7.03. The zero-order chi connectivity index (χ0) is 14.4. The van der Waals surface area contributed by atoms with Gasteiger partial charge in [-0.25, -0.2) is 0 Å². The maximum Gasteiger partial charge on any atom is 0.119 e. The zero-order valence-electron chi connectivity index (χ0n) is 11.9. The molecule has 0 aliphatic heterocycles. The smallest absolute Gasteiger partial charge is 0.119 e. The first kappa shape index (κ1) is 14.5. The van der Waals surface area contributed by atoms with Gasteiger partial charge in [-0.1, -0.05) is 12.1 Å². The molecule has 1 unspecified atom stereocenters. The van der Waals surface area contributed by atoms with Crippen molar-refractivity contribution in [2.45, 2.75) is 32.4 Å². The number of nitrogens with two attached hydrogens (primary N) is 1. The van der Waals surface area contributed by atoms with Crippen LogP contribution < -0.4 is 16.0 Å². The van der Waals surface area contributed by atoms with Crippen LogP contribution in [0.15, 0.2) is 48.8 Å². The maximum absolute atomic E-state index is 5.67. The van der Waals surface area contributed by atoms with E-state index in [0.717, 1.165) is 17.7 Å². The molecule has 1 atom stereocenters. The summed E-state index contributed by atoms with van der Waals surface area (Å²) in [6.45, 7) is 4.03. The molecule has 0 spiro atoms. The molecule has 0 saturated heterocycles. The summed E-state index contributed by atoms with van der Waals surface area (Å²) < 4.78 is 5.64. The number of nitrogens with zero attached hydrogens (tertiary/aromatic N) is 1. The molecule has 2 aromatic rings. The van der Waals surface area contributed by atoms with Gasteiger partial charge in [0.05, 0.1) is 6.10 Å². The van der Waals surface area contributed by atoms with Crippen LogP contribution in [0.5, 0.6) is 5.75 Å². The Kier molecular flexibility index (Phi) is 5.09. The molecule has 1 heterocycles. The summed E-state index contributed by atoms with van der Waals surface area (Å²) in [5.74, 6) is 6.55. The summed E-state index contributed by atoms with van der Waals surface area (Å²) in [5.41, 5.74) is 5.20. The van der Waals surface area contributed by atoms with Crippen molar-refractivity contribution in [3.05, 3.63) is 59.9 Å². The standard InChI is InChI=1S/C16H21N3O/c1-12(2)20-15-5-3-14(4-6-15)16(19-17)11-13-7-9-18-10-8-13/h3-10,12,16,19H,11,17H2,1-2H3. The Morgan fingerprint density at radius 3 is 2.30 bits per heavy atom. The number of pyridine rings is 1. The first-order valence-corrected chi connectivity index (χ1v) is 6.80. The van der Waals surface area contributed by atoms with E-state index in [2.05, 4.69) is 10.4 Å². The van der Waals surface area contributed by atoms with Gasteiger partial charge in [0.1, 0.15) is 5.75 Å². The van der Waals surface area contributed by atoms with E-state index in [1.165, 1.54) is 5.56 Å². The average molecular weight is 271 g/mol. The highest BCUT2D eigenvalue weighted by atomic mass is 16.5. The van der Waals surface area contributed by atoms with Crippen LogP contribution in [-0.4, -0.2) is 11.1 Å². The van der Waals surface area contributed by atoms with E-state index in [0.29, 0.717) is 0 Å². The molecule has 0 bridgehead atoms. The van der Waals surface area contributed by atoms with E-state index in [1.807, 2.05) is 50.2 Å². The van der Waals surface area contributed by atoms with Gasteiger partial charge in [0, 0.05) is 18.4 Å². The first-order valence-electron chi connectivity index (χ1n) is 6.80. The molecule has 20 heavy (non-hydrogen) atoms. The van der Waals surface area contributed by atoms with E-state index in [1.54, 1.807) is 12.4 Å². The topological polar surface area (TPSA) is 60.2 Å². The highest BCUT2D eigenvalue weighted by molar-refractivity contribution is 5.30. The molecule has 0 aliphatic carbocycles. The lowest BCUT2D eigenvalue weighted by Gasteiger charge is -2.17. The molecule has 0 aliphatic rings. The molecule has 0 radical (unpaired) electrons. The van der Waals surface area contributed by atoms with Crippen molar-refractivity contribution in [1.29, 1.82) is 0 Å². The van der Waals surface area contributed by atoms with Crippen LogP contribution in [0.25, 0.3) is 0 Å². The van der Waals surface area contributed by atoms with Crippen LogP contribution in [0.1, 0.15) is 31.0 Å². The van der Waals surface area contributed by atoms with Crippen LogP contribution >= 0.6 is 0 Å². The molecule has 2 rings (SSSR count). The predicted octanol–water partition coefficient (Wildman–Crippen LogP) is 2.62. The van der Waals surface area contributed by atoms with Crippen LogP contribution in [0.3, 0.4) is 0 Å². The lowest BCUT2D eigenvalue weighted by atomic mass is 10.00. The minimum Gasteiger partial charge on any atom is -0.491 e. The summed E-state index contributed by atoms with van der Waals surface area (Å²) in [6.07, 6.45) is 4.59. The normalized spacial score (nSPS) is 12.4. The van der Waals surface area contributed by atoms with E-state index in [9.17, 15) is 0 Å². The van der Waals surface area contributed by atoms with Gasteiger partial charge in [-0.05, 0) is 55.7 Å². The summed E-state index contributed by atoms with van der Waals surface area (Å²) >= 11 is 0. The van der Waals surface area contributed by atoms with Crippen molar-refractivity contribution >= 4 is 0 Å². The van der Waals surface area contributed by atoms with E-state index in [-0.39, 0.29) is 12.1 Å². The molecule has 1 aromatic heterocycles. The van der Waals surface area contributed by atoms with Gasteiger partial charge in [0.15, 0.2) is 0 Å². The van der Waals surface area contributed by atoms with Crippen molar-refractivity contribution in [3.63, 3.8) is 0 Å². The monoisotopic (exact) mass is 271 g/mol. The van der Waals surface area contributed by atoms with Gasteiger partial charge >= 0.3 is 0 Å². The fourth-order valence-electron chi connectivity index (χ4n) is 2.08. The number of benzene rings is 1. The number of ether oxygens (including phenoxy) is 1. The highest BCUT2D eigenvalue weighted by Gasteiger charge is 2.10. The van der Waals surface area contributed by atoms with Crippen LogP contribution in [0.2, 0.25) is 0 Å². The fourth-order valence-corrected chi connectivity index (χ4v) is 2.08. The largest absolute Gasteiger partial charge is 0.491 e. The number of aromatic nitrogens is 1. The third-order valence-electron chi connectivity index (χ3n) is 3.04. The van der Waals surface area contributed by atoms with Gasteiger partial charge in [0.25, 0.3) is 0 Å². The molecular formula is C16H21N3O. The summed E-state index contributed by atoms with van der Waals surface area (Å²) in [5, 5.41) is 0. The SMILES string of the molecule is CC(C)Oc1ccc(C(Cc2ccncc2)NN)cc1. The fraction of sp³-hybridized carbons (Fsp3) is 0.312. The number of hydrogen-bond acceptors (Lipinski definition) is 4. The number of hydrazine groups is 1. The minimum atomic E-state index is 0.0745. The van der Waals surface area contributed by atoms with E-state index in [4.69, 9.17) is 10.6 Å². The van der Waals surface area contributed by atoms with Crippen LogP contribution in [0, 0.1) is 0 Å². The highest BCUT2D eigenvalue weighted by Crippen LogP contribution is 2.21. The van der Waals surface area contributed by atoms with Gasteiger partial charge in [-0.3, -0.25) is 16.3 Å². The molecule has 1 aromatic carbocycles. The maximum atomic E-state index is 5.67. The Labute approximate surface area is 120 Å². The van der Waals surface area contributed by atoms with Gasteiger partial charge < -0.3 is 4.74 Å². The zero-order valence-corrected chi connectivity index (χ0v) is 11.9. The Bertz CT molecular complexity index is 511. The first-order chi connectivity index (χ1) is 9.69. The second-order valence-corrected chi connectivity index (χ2v) is 5.01. The molecule has 106 valence electrons. The van der Waals surface area contributed by atoms with Crippen molar-refractivity contribution in [1.82, 2.24) is 10.4 Å². The quantitative estimate of drug-likeness (QED) is 0.626. The van der Waals surface area contributed by atoms with Crippen LogP contribution in [-0.2, 0) is 6.42 Å². The average Bonchev–Trinajstić information content (AvgIpc) is 2.46. The predicted molar refractivity (Wildman–Crippen MR) is 80.2 cm³/mol. The molecule has 3 N–H and O–H groups in total. The summed E-state index contributed by atoms with van der Waals surface area (Å²) in [6, 6.07) is 12.1. The van der Waals surface area contributed by atoms with Crippen molar-refractivity contribution in [2.75, 3.05) is 0 Å². The van der Waals surface area contributed by atoms with E-state index < -0.39 is 0 Å². The molecule has 4 heteroatoms. The number of rotatable bonds is 6. The third kappa shape index (κ3) is 4.05. The van der Waals surface area contributed by atoms with Crippen molar-refractivity contribution < 1.29 is 4.74 Å². The molecular weight excluding hydrogens is 250 g/mol. The Morgan fingerprint density at radius 1 is 1.10 bits per heavy atom. The van der Waals surface area contributed by atoms with Gasteiger partial charge in [0.2, 0.25) is 0 Å². The molecule has 0 saturated carbocycles. The van der Waals surface area contributed by atoms with Gasteiger partial charge in [-0.2, -0.15) is 0 Å². The van der Waals surface area contributed by atoms with Gasteiger partial charge in [-0.15, -0.1) is 0 Å². The molecule has 0 amide bonds. The second-order valence-electron chi connectivity index (χ2n) is 5.01. The number of hydrogen-bond donors (Lipinski definition) is 2. The molecule has 4 nitrogen and oxygen atoms in total. The lowest BCUT2D eigenvalue weighted by Crippen LogP contribution is -2.29. The summed E-state index contributed by atoms with van der Waals surface area (Å²) in [4.78, 5) is 4.02. The lowest BCUT2D eigenvalue weighted by molar-refractivity contribution is 0.242. The van der Waals surface area contributed by atoms with Crippen molar-refractivity contribution in [2.24, 2.45) is 5.84 Å². The minimum absolute atomic E-state index is 0.0745.